The van der Waals surface area contributed by atoms with E-state index in [4.69, 9.17) is 9.72 Å². The van der Waals surface area contributed by atoms with E-state index in [1.54, 1.807) is 17.6 Å². The van der Waals surface area contributed by atoms with Crippen LogP contribution in [0.1, 0.15) is 86.2 Å². The highest BCUT2D eigenvalue weighted by Gasteiger charge is 2.45. The highest BCUT2D eigenvalue weighted by molar-refractivity contribution is 5.89. The van der Waals surface area contributed by atoms with Crippen LogP contribution in [0.2, 0.25) is 0 Å². The molecular formula is C33H45ClN4O9. The number of hydrogen-bond acceptors (Lipinski definition) is 7. The number of piperidine rings is 2. The first-order chi connectivity index (χ1) is 20.7. The van der Waals surface area contributed by atoms with Crippen molar-refractivity contribution in [2.45, 2.75) is 89.6 Å². The van der Waals surface area contributed by atoms with Crippen molar-refractivity contribution in [3.63, 3.8) is 0 Å². The van der Waals surface area contributed by atoms with Gasteiger partial charge >= 0.3 is 12.1 Å². The number of carboxylic acid groups (broad SMARTS) is 1. The lowest BCUT2D eigenvalue weighted by molar-refractivity contribution is -0.172. The largest absolute Gasteiger partial charge is 0.465 e. The number of nitrogens with zero attached hydrogens (tertiary/aromatic N) is 4. The second kappa shape index (κ2) is 14.3. The lowest BCUT2D eigenvalue weighted by atomic mass is 9.86. The molecule has 4 aliphatic rings. The number of aliphatic hydroxyl groups is 1. The molecule has 4 aliphatic heterocycles. The lowest BCUT2D eigenvalue weighted by Crippen LogP contribution is -2.48. The molecule has 2 saturated heterocycles. The van der Waals surface area contributed by atoms with Gasteiger partial charge in [0.15, 0.2) is 5.60 Å². The molecule has 0 saturated carbocycles. The van der Waals surface area contributed by atoms with E-state index in [0.29, 0.717) is 42.5 Å². The standard InChI is InChI=1S/C33H38N4O6.ClH.3H2O/c1-3-21-22-15-19(27-7-5-6-12-36(27)20-10-13-35(14-11-20)32(40)41)8-9-26(22)34-29-23(21)17-37-28(29)16-25-24(30(37)38)18-43-31(39)33(25,42)4-2;;;;/h8-9,15-16,20,27,42H,3-7,10-14,17-18H2,1-2H3,(H,40,41);1H;3*1H2/t27-,33?;;;;/m0..../s1. The molecule has 0 bridgehead atoms. The number of rotatable bonds is 4. The molecule has 0 spiro atoms. The predicted octanol–water partition coefficient (Wildman–Crippen LogP) is 2.26. The third-order valence-electron chi connectivity index (χ3n) is 10.3. The number of aromatic nitrogens is 2. The summed E-state index contributed by atoms with van der Waals surface area (Å²) in [6, 6.07) is 8.96. The molecular weight excluding hydrogens is 632 g/mol. The van der Waals surface area contributed by atoms with Gasteiger partial charge in [0.05, 0.1) is 29.0 Å². The summed E-state index contributed by atoms with van der Waals surface area (Å²) in [7, 11) is 0. The van der Waals surface area contributed by atoms with Gasteiger partial charge in [-0.15, -0.1) is 12.4 Å². The number of likely N-dealkylation sites (tertiary alicyclic amines) is 2. The van der Waals surface area contributed by atoms with Crippen LogP contribution in [-0.4, -0.2) is 83.7 Å². The number of carbonyl (C=O) groups is 2. The van der Waals surface area contributed by atoms with E-state index >= 15 is 0 Å². The molecule has 47 heavy (non-hydrogen) atoms. The molecule has 1 unspecified atom stereocenters. The van der Waals surface area contributed by atoms with E-state index in [1.165, 1.54) is 10.5 Å². The summed E-state index contributed by atoms with van der Waals surface area (Å²) in [6.45, 7) is 6.27. The Hall–Kier alpha value is -3.59. The van der Waals surface area contributed by atoms with Gasteiger partial charge in [0.2, 0.25) is 0 Å². The van der Waals surface area contributed by atoms with Crippen molar-refractivity contribution >= 4 is 35.4 Å². The SMILES string of the molecule is CCc1c2c(nc3ccc([C@@H]4CCCCN4C4CCN(C(=O)O)CC4)cc13)-c1cc3c(c(=O)n1C2)COC(=O)C3(O)CC.Cl.O.O.O. The summed E-state index contributed by atoms with van der Waals surface area (Å²) in [5.74, 6) is -0.720. The van der Waals surface area contributed by atoms with Gasteiger partial charge in [-0.3, -0.25) is 9.69 Å². The lowest BCUT2D eigenvalue weighted by Gasteiger charge is -2.44. The second-order valence-corrected chi connectivity index (χ2v) is 12.4. The van der Waals surface area contributed by atoms with E-state index in [0.717, 1.165) is 72.8 Å². The number of cyclic esters (lactones) is 1. The summed E-state index contributed by atoms with van der Waals surface area (Å²) in [6.07, 6.45) is 5.14. The first-order valence-corrected chi connectivity index (χ1v) is 15.6. The maximum Gasteiger partial charge on any atom is 0.407 e. The fraction of sp³-hybridized carbons (Fsp3) is 0.515. The molecule has 0 aliphatic carbocycles. The Bertz CT molecular complexity index is 1720. The summed E-state index contributed by atoms with van der Waals surface area (Å²) in [4.78, 5) is 46.9. The van der Waals surface area contributed by atoms with Gasteiger partial charge < -0.3 is 40.8 Å². The Morgan fingerprint density at radius 1 is 1.02 bits per heavy atom. The van der Waals surface area contributed by atoms with Crippen molar-refractivity contribution in [2.75, 3.05) is 19.6 Å². The number of fused-ring (bicyclic) bond motifs is 5. The quantitative estimate of drug-likeness (QED) is 0.305. The minimum atomic E-state index is -1.85. The maximum absolute atomic E-state index is 13.7. The van der Waals surface area contributed by atoms with Gasteiger partial charge in [0, 0.05) is 41.7 Å². The number of carbonyl (C=O) groups excluding carboxylic acids is 1. The van der Waals surface area contributed by atoms with Crippen molar-refractivity contribution < 1.29 is 41.0 Å². The fourth-order valence-electron chi connectivity index (χ4n) is 7.93. The van der Waals surface area contributed by atoms with Crippen LogP contribution in [0.15, 0.2) is 29.1 Å². The molecule has 2 aromatic heterocycles. The number of esters is 1. The van der Waals surface area contributed by atoms with Gasteiger partial charge in [0.25, 0.3) is 5.56 Å². The average Bonchev–Trinajstić information content (AvgIpc) is 3.40. The number of ether oxygens (including phenoxy) is 1. The summed E-state index contributed by atoms with van der Waals surface area (Å²) >= 11 is 0. The van der Waals surface area contributed by atoms with Gasteiger partial charge in [-0.1, -0.05) is 26.3 Å². The average molecular weight is 677 g/mol. The zero-order valence-electron chi connectivity index (χ0n) is 26.7. The normalized spacial score (nSPS) is 22.0. The Morgan fingerprint density at radius 2 is 1.74 bits per heavy atom. The Balaban J connectivity index is 0.00000150. The van der Waals surface area contributed by atoms with Gasteiger partial charge in [0.1, 0.15) is 6.61 Å². The third kappa shape index (κ3) is 5.89. The number of hydrogen-bond donors (Lipinski definition) is 2. The zero-order valence-corrected chi connectivity index (χ0v) is 27.5. The molecule has 1 amide bonds. The molecule has 3 aromatic rings. The number of benzene rings is 1. The molecule has 6 heterocycles. The first-order valence-electron chi connectivity index (χ1n) is 15.6. The number of amides is 1. The van der Waals surface area contributed by atoms with Gasteiger partial charge in [-0.25, -0.2) is 14.6 Å². The molecule has 0 radical (unpaired) electrons. The van der Waals surface area contributed by atoms with Gasteiger partial charge in [-0.2, -0.15) is 0 Å². The Morgan fingerprint density at radius 3 is 2.40 bits per heavy atom. The molecule has 1 aromatic carbocycles. The topological polar surface area (TPSA) is 220 Å². The molecule has 2 atom stereocenters. The Kier molecular flexibility index (Phi) is 11.5. The second-order valence-electron chi connectivity index (χ2n) is 12.4. The number of halogens is 1. The van der Waals surface area contributed by atoms with Crippen LogP contribution < -0.4 is 5.56 Å². The highest BCUT2D eigenvalue weighted by atomic mass is 35.5. The van der Waals surface area contributed by atoms with E-state index in [2.05, 4.69) is 30.0 Å². The van der Waals surface area contributed by atoms with Crippen LogP contribution in [0.3, 0.4) is 0 Å². The zero-order chi connectivity index (χ0) is 30.0. The van der Waals surface area contributed by atoms with Crippen molar-refractivity contribution in [1.29, 1.82) is 0 Å². The van der Waals surface area contributed by atoms with E-state index in [9.17, 15) is 24.6 Å². The molecule has 14 heteroatoms. The van der Waals surface area contributed by atoms with E-state index in [1.807, 2.05) is 0 Å². The summed E-state index contributed by atoms with van der Waals surface area (Å²) in [5, 5.41) is 21.7. The molecule has 8 N–H and O–H groups in total. The summed E-state index contributed by atoms with van der Waals surface area (Å²) in [5.41, 5.74) is 4.24. The molecule has 7 rings (SSSR count). The van der Waals surface area contributed by atoms with Crippen molar-refractivity contribution in [2.24, 2.45) is 0 Å². The van der Waals surface area contributed by atoms with E-state index < -0.39 is 17.7 Å². The number of pyridine rings is 2. The monoisotopic (exact) mass is 676 g/mol. The third-order valence-corrected chi connectivity index (χ3v) is 10.3. The Labute approximate surface area is 278 Å². The first kappa shape index (κ1) is 37.9. The van der Waals surface area contributed by atoms with Crippen LogP contribution in [0, 0.1) is 0 Å². The van der Waals surface area contributed by atoms with Crippen LogP contribution >= 0.6 is 12.4 Å². The molecule has 2 fully saturated rings. The van der Waals surface area contributed by atoms with E-state index in [-0.39, 0.29) is 53.5 Å². The fourth-order valence-corrected chi connectivity index (χ4v) is 7.93. The van der Waals surface area contributed by atoms with Gasteiger partial charge in [-0.05, 0) is 74.4 Å². The van der Waals surface area contributed by atoms with Crippen LogP contribution in [0.25, 0.3) is 22.3 Å². The molecule has 258 valence electrons. The van der Waals surface area contributed by atoms with Crippen molar-refractivity contribution in [3.8, 4) is 11.4 Å². The van der Waals surface area contributed by atoms with Crippen LogP contribution in [0.5, 0.6) is 0 Å². The van der Waals surface area contributed by atoms with Crippen LogP contribution in [-0.2, 0) is 34.7 Å². The molecule has 13 nitrogen and oxygen atoms in total. The maximum atomic E-state index is 13.7. The predicted molar refractivity (Wildman–Crippen MR) is 178 cm³/mol. The van der Waals surface area contributed by atoms with Crippen molar-refractivity contribution in [1.82, 2.24) is 19.4 Å². The highest BCUT2D eigenvalue weighted by Crippen LogP contribution is 2.42. The summed E-state index contributed by atoms with van der Waals surface area (Å²) < 4.78 is 6.93. The van der Waals surface area contributed by atoms with Crippen molar-refractivity contribution in [3.05, 3.63) is 62.4 Å². The minimum absolute atomic E-state index is 0. The number of aryl methyl sites for hydroxylation is 1. The van der Waals surface area contributed by atoms with Crippen LogP contribution in [0.4, 0.5) is 4.79 Å². The smallest absolute Gasteiger partial charge is 0.407 e. The minimum Gasteiger partial charge on any atom is -0.465 e.